The molecule has 78 heavy (non-hydrogen) atoms. The van der Waals surface area contributed by atoms with E-state index in [1.807, 2.05) is 29.2 Å². The fraction of sp³-hybridized carbons (Fsp3) is 0.508. The highest BCUT2D eigenvalue weighted by atomic mass is 19.1. The van der Waals surface area contributed by atoms with Crippen molar-refractivity contribution in [2.45, 2.75) is 113 Å². The zero-order valence-electron chi connectivity index (χ0n) is 44.0. The van der Waals surface area contributed by atoms with Gasteiger partial charge < -0.3 is 29.5 Å². The fourth-order valence-electron chi connectivity index (χ4n) is 14.5. The first kappa shape index (κ1) is 50.3. The van der Waals surface area contributed by atoms with E-state index in [0.717, 1.165) is 101 Å². The zero-order chi connectivity index (χ0) is 53.4. The summed E-state index contributed by atoms with van der Waals surface area (Å²) in [6, 6.07) is 14.3. The molecule has 7 aliphatic heterocycles. The van der Waals surface area contributed by atoms with E-state index >= 15 is 8.78 Å². The van der Waals surface area contributed by atoms with Crippen molar-refractivity contribution in [1.29, 1.82) is 0 Å². The number of aryl methyl sites for hydroxylation is 1. The maximum Gasteiger partial charge on any atom is 0.409 e. The number of rotatable bonds is 11. The fourth-order valence-corrected chi connectivity index (χ4v) is 14.5. The molecule has 3 aromatic carbocycles. The number of pyridine rings is 1. The minimum atomic E-state index is -0.710. The molecule has 7 saturated heterocycles. The second-order valence-electron chi connectivity index (χ2n) is 23.1. The smallest absolute Gasteiger partial charge is 0.409 e. The topological polar surface area (TPSA) is 172 Å². The number of nitrogens with one attached hydrogen (secondary N) is 2. The van der Waals surface area contributed by atoms with Crippen LogP contribution in [0.2, 0.25) is 0 Å². The lowest BCUT2D eigenvalue weighted by atomic mass is 9.83. The molecule has 3 amide bonds. The second kappa shape index (κ2) is 20.2. The molecule has 2 N–H and O–H groups in total. The van der Waals surface area contributed by atoms with Crippen LogP contribution in [0.15, 0.2) is 59.5 Å². The highest BCUT2D eigenvalue weighted by Gasteiger charge is 2.50. The molecule has 1 unspecified atom stereocenters. The van der Waals surface area contributed by atoms with E-state index in [-0.39, 0.29) is 58.5 Å². The molecule has 2 bridgehead atoms. The quantitative estimate of drug-likeness (QED) is 0.0987. The van der Waals surface area contributed by atoms with Crippen LogP contribution in [0.25, 0.3) is 44.0 Å². The number of likely N-dealkylation sites (tertiary alicyclic amines) is 1. The standard InChI is InChI=1S/C59H65F2N11O6/c1-3-42-45(60)12-8-37-6-4-7-43(50(37)42)52-51(61)53-44(30-62-52)54(70-31-38-9-10-39(32-70)63-38)66-56(65-53)78-34-59-21-5-23-71(59)41(16-22-59)33-77-58(76)69-26-19-36(20-27-69)28-35-17-24-68(25-18-35)40-11-13-46-48(29-40)67(2)57(75)72(46)47-14-15-49(73)64-55(47)74/h1,4,6-8,11-13,29-30,35-36,38-39,41,47,63H,5,9-10,14-28,31-34H2,2H3,(H,64,73,74)/t38-,39+,41-,47?,59-/m0/s1. The zero-order valence-corrected chi connectivity index (χ0v) is 44.0. The van der Waals surface area contributed by atoms with Crippen LogP contribution in [0.4, 0.5) is 25.1 Å². The van der Waals surface area contributed by atoms with E-state index < -0.39 is 23.6 Å². The Kier molecular flexibility index (Phi) is 13.1. The predicted octanol–water partition coefficient (Wildman–Crippen LogP) is 7.21. The number of imide groups is 1. The van der Waals surface area contributed by atoms with Crippen molar-refractivity contribution in [3.63, 3.8) is 0 Å². The van der Waals surface area contributed by atoms with E-state index in [1.165, 1.54) is 10.6 Å². The van der Waals surface area contributed by atoms with Crippen LogP contribution in [0.1, 0.15) is 95.1 Å². The number of terminal acetylenes is 1. The Morgan fingerprint density at radius 1 is 0.872 bits per heavy atom. The van der Waals surface area contributed by atoms with E-state index in [1.54, 1.807) is 36.0 Å². The van der Waals surface area contributed by atoms with Gasteiger partial charge in [-0.1, -0.05) is 30.2 Å². The van der Waals surface area contributed by atoms with Gasteiger partial charge in [-0.3, -0.25) is 33.9 Å². The molecule has 0 saturated carbocycles. The molecule has 0 spiro atoms. The normalized spacial score (nSPS) is 25.1. The first-order valence-corrected chi connectivity index (χ1v) is 28.1. The van der Waals surface area contributed by atoms with E-state index in [0.29, 0.717) is 103 Å². The summed E-state index contributed by atoms with van der Waals surface area (Å²) >= 11 is 0. The highest BCUT2D eigenvalue weighted by Crippen LogP contribution is 2.44. The summed E-state index contributed by atoms with van der Waals surface area (Å²) in [5, 5.41) is 7.62. The number of amides is 3. The van der Waals surface area contributed by atoms with E-state index in [2.05, 4.69) is 36.2 Å². The molecule has 13 rings (SSSR count). The monoisotopic (exact) mass is 1060 g/mol. The van der Waals surface area contributed by atoms with Crippen molar-refractivity contribution in [3.8, 4) is 29.6 Å². The molecule has 10 heterocycles. The van der Waals surface area contributed by atoms with Crippen molar-refractivity contribution >= 4 is 62.1 Å². The number of piperidine rings is 3. The summed E-state index contributed by atoms with van der Waals surface area (Å²) < 4.78 is 48.1. The largest absolute Gasteiger partial charge is 0.461 e. The average Bonchev–Trinajstić information content (AvgIpc) is 4.20. The number of halogens is 2. The number of hydrogen-bond acceptors (Lipinski definition) is 13. The van der Waals surface area contributed by atoms with Gasteiger partial charge >= 0.3 is 17.8 Å². The number of fused-ring (bicyclic) bond motifs is 6. The molecule has 6 aromatic rings. The van der Waals surface area contributed by atoms with Crippen LogP contribution in [0.3, 0.4) is 0 Å². The molecule has 5 atom stereocenters. The van der Waals surface area contributed by atoms with Crippen molar-refractivity contribution in [1.82, 2.24) is 44.5 Å². The van der Waals surface area contributed by atoms with Crippen molar-refractivity contribution < 1.29 is 32.6 Å². The molecule has 0 aliphatic carbocycles. The Labute approximate surface area is 450 Å². The number of hydrogen-bond donors (Lipinski definition) is 2. The average molecular weight is 1060 g/mol. The van der Waals surface area contributed by atoms with Crippen molar-refractivity contribution in [2.24, 2.45) is 18.9 Å². The third kappa shape index (κ3) is 8.98. The van der Waals surface area contributed by atoms with Gasteiger partial charge in [-0.15, -0.1) is 6.42 Å². The van der Waals surface area contributed by atoms with Crippen LogP contribution in [0.5, 0.6) is 6.01 Å². The third-order valence-electron chi connectivity index (χ3n) is 18.6. The molecule has 3 aromatic heterocycles. The van der Waals surface area contributed by atoms with Gasteiger partial charge in [0.05, 0.1) is 27.5 Å². The summed E-state index contributed by atoms with van der Waals surface area (Å²) in [6.07, 6.45) is 18.5. The Morgan fingerprint density at radius 3 is 2.42 bits per heavy atom. The van der Waals surface area contributed by atoms with Gasteiger partial charge in [-0.25, -0.2) is 18.4 Å². The van der Waals surface area contributed by atoms with E-state index in [4.69, 9.17) is 25.9 Å². The molecule has 17 nitrogen and oxygen atoms in total. The lowest BCUT2D eigenvalue weighted by Gasteiger charge is -2.37. The molecule has 406 valence electrons. The summed E-state index contributed by atoms with van der Waals surface area (Å²) in [4.78, 5) is 74.7. The molecule has 7 fully saturated rings. The third-order valence-corrected chi connectivity index (χ3v) is 18.6. The van der Waals surface area contributed by atoms with Crippen LogP contribution in [-0.4, -0.2) is 134 Å². The first-order chi connectivity index (χ1) is 37.9. The Balaban J connectivity index is 0.625. The number of ether oxygens (including phenoxy) is 2. The number of imidazole rings is 1. The number of carbonyl (C=O) groups excluding carboxylic acids is 3. The number of aromatic nitrogens is 5. The summed E-state index contributed by atoms with van der Waals surface area (Å²) in [7, 11) is 1.73. The first-order valence-electron chi connectivity index (χ1n) is 28.1. The lowest BCUT2D eigenvalue weighted by molar-refractivity contribution is -0.135. The number of nitrogens with zero attached hydrogens (tertiary/aromatic N) is 9. The van der Waals surface area contributed by atoms with E-state index in [9.17, 15) is 19.2 Å². The van der Waals surface area contributed by atoms with Crippen molar-refractivity contribution in [2.75, 3.05) is 68.8 Å². The minimum absolute atomic E-state index is 0.0183. The summed E-state index contributed by atoms with van der Waals surface area (Å²) in [6.45, 7) is 6.06. The molecular formula is C59H65F2N11O6. The summed E-state index contributed by atoms with van der Waals surface area (Å²) in [5.41, 5.74) is 2.46. The van der Waals surface area contributed by atoms with Gasteiger partial charge in [-0.05, 0) is 125 Å². The van der Waals surface area contributed by atoms with Gasteiger partial charge in [0, 0.05) is 93.7 Å². The highest BCUT2D eigenvalue weighted by molar-refractivity contribution is 6.02. The van der Waals surface area contributed by atoms with Crippen LogP contribution in [0, 0.1) is 35.8 Å². The van der Waals surface area contributed by atoms with Gasteiger partial charge in [0.2, 0.25) is 11.8 Å². The lowest BCUT2D eigenvalue weighted by Crippen LogP contribution is -2.51. The van der Waals surface area contributed by atoms with Crippen LogP contribution in [-0.2, 0) is 21.4 Å². The predicted molar refractivity (Wildman–Crippen MR) is 291 cm³/mol. The van der Waals surface area contributed by atoms with Crippen LogP contribution >= 0.6 is 0 Å². The number of piperazine rings is 1. The summed E-state index contributed by atoms with van der Waals surface area (Å²) in [5.74, 6) is 2.22. The molecule has 7 aliphatic rings. The Bertz CT molecular complexity index is 3480. The Morgan fingerprint density at radius 2 is 1.65 bits per heavy atom. The van der Waals surface area contributed by atoms with Gasteiger partial charge in [0.1, 0.15) is 42.1 Å². The molecular weight excluding hydrogens is 997 g/mol. The Hall–Kier alpha value is -7.17. The van der Waals surface area contributed by atoms with Gasteiger partial charge in [-0.2, -0.15) is 9.97 Å². The van der Waals surface area contributed by atoms with Gasteiger partial charge in [0.15, 0.2) is 5.82 Å². The molecule has 19 heteroatoms. The second-order valence-corrected chi connectivity index (χ2v) is 23.1. The number of benzene rings is 3. The van der Waals surface area contributed by atoms with Crippen LogP contribution < -0.4 is 30.9 Å². The molecule has 0 radical (unpaired) electrons. The maximum absolute atomic E-state index is 17.2. The number of anilines is 2. The minimum Gasteiger partial charge on any atom is -0.461 e. The van der Waals surface area contributed by atoms with Gasteiger partial charge in [0.25, 0.3) is 0 Å². The SMILES string of the molecule is C#Cc1c(F)ccc2cccc(-c3ncc4c(N5C[C@H]6CC[C@@H](C5)N6)nc(OC[C@@]56CCCN5[C@H](COC(=O)N5CCC(CC7CCN(c8ccc9c(c8)n(C)c(=O)n9C8CCC(=O)NC8=O)CC7)CC5)CC6)nc4c3F)c12. The number of carbonyl (C=O) groups is 3. The van der Waals surface area contributed by atoms with Crippen molar-refractivity contribution in [3.05, 3.63) is 82.4 Å². The maximum atomic E-state index is 17.2.